The molecule has 1 aromatic carbocycles. The number of hydrogen-bond donors (Lipinski definition) is 1. The van der Waals surface area contributed by atoms with Crippen molar-refractivity contribution in [2.45, 2.75) is 38.3 Å². The quantitative estimate of drug-likeness (QED) is 0.875. The van der Waals surface area contributed by atoms with Gasteiger partial charge in [-0.3, -0.25) is 0 Å². The van der Waals surface area contributed by atoms with Crippen LogP contribution in [0.15, 0.2) is 18.2 Å². The molecule has 0 heterocycles. The van der Waals surface area contributed by atoms with Crippen molar-refractivity contribution in [1.82, 2.24) is 5.32 Å². The van der Waals surface area contributed by atoms with Gasteiger partial charge in [-0.25, -0.2) is 4.39 Å². The summed E-state index contributed by atoms with van der Waals surface area (Å²) in [6.45, 7) is 2.12. The van der Waals surface area contributed by atoms with Crippen LogP contribution in [0.3, 0.4) is 0 Å². The van der Waals surface area contributed by atoms with Crippen molar-refractivity contribution in [3.05, 3.63) is 34.6 Å². The second kappa shape index (κ2) is 4.20. The predicted octanol–water partition coefficient (Wildman–Crippen LogP) is 4.17. The van der Waals surface area contributed by atoms with Crippen molar-refractivity contribution in [1.29, 1.82) is 0 Å². The van der Waals surface area contributed by atoms with Gasteiger partial charge < -0.3 is 5.32 Å². The highest BCUT2D eigenvalue weighted by Gasteiger charge is 2.64. The van der Waals surface area contributed by atoms with Crippen LogP contribution in [-0.4, -0.2) is 6.04 Å². The third-order valence-corrected chi connectivity index (χ3v) is 5.93. The summed E-state index contributed by atoms with van der Waals surface area (Å²) in [6, 6.07) is 6.03. The highest BCUT2D eigenvalue weighted by atomic mass is 35.5. The predicted molar refractivity (Wildman–Crippen MR) is 74.6 cm³/mol. The number of fused-ring (bicyclic) bond motifs is 5. The average Bonchev–Trinajstić information content (AvgIpc) is 2.81. The highest BCUT2D eigenvalue weighted by molar-refractivity contribution is 6.30. The van der Waals surface area contributed by atoms with E-state index in [2.05, 4.69) is 12.2 Å². The molecule has 5 unspecified atom stereocenters. The molecule has 0 spiro atoms. The molecule has 0 saturated heterocycles. The van der Waals surface area contributed by atoms with E-state index in [1.807, 2.05) is 6.07 Å². The van der Waals surface area contributed by atoms with E-state index < -0.39 is 0 Å². The molecule has 2 bridgehead atoms. The van der Waals surface area contributed by atoms with E-state index in [9.17, 15) is 4.39 Å². The van der Waals surface area contributed by atoms with Gasteiger partial charge in [-0.1, -0.05) is 17.7 Å². The summed E-state index contributed by atoms with van der Waals surface area (Å²) in [5, 5.41) is 3.92. The van der Waals surface area contributed by atoms with Crippen LogP contribution < -0.4 is 5.32 Å². The third-order valence-electron chi connectivity index (χ3n) is 5.62. The summed E-state index contributed by atoms with van der Waals surface area (Å²) in [4.78, 5) is 0. The van der Waals surface area contributed by atoms with Gasteiger partial charge in [0.15, 0.2) is 0 Å². The fraction of sp³-hybridized carbons (Fsp3) is 0.625. The number of rotatable bonds is 3. The summed E-state index contributed by atoms with van der Waals surface area (Å²) in [7, 11) is 0. The zero-order valence-electron chi connectivity index (χ0n) is 11.1. The van der Waals surface area contributed by atoms with Crippen molar-refractivity contribution < 1.29 is 4.39 Å². The van der Waals surface area contributed by atoms with Crippen molar-refractivity contribution in [3.63, 3.8) is 0 Å². The Labute approximate surface area is 118 Å². The minimum atomic E-state index is -0.316. The largest absolute Gasteiger partial charge is 0.307 e. The summed E-state index contributed by atoms with van der Waals surface area (Å²) >= 11 is 5.73. The number of nitrogens with one attached hydrogen (secondary N) is 1. The first-order valence-corrected chi connectivity index (χ1v) is 7.74. The van der Waals surface area contributed by atoms with Crippen molar-refractivity contribution >= 4 is 11.6 Å². The lowest BCUT2D eigenvalue weighted by Gasteiger charge is -2.17. The van der Waals surface area contributed by atoms with Crippen molar-refractivity contribution in [3.8, 4) is 0 Å². The van der Waals surface area contributed by atoms with Crippen LogP contribution in [0.1, 0.15) is 37.8 Å². The fourth-order valence-corrected chi connectivity index (χ4v) is 4.83. The smallest absolute Gasteiger partial charge is 0.142 e. The normalized spacial score (nSPS) is 40.3. The zero-order chi connectivity index (χ0) is 13.1. The maximum absolute atomic E-state index is 13.5. The molecule has 102 valence electrons. The number of hydrogen-bond acceptors (Lipinski definition) is 1. The Kier molecular flexibility index (Phi) is 2.69. The van der Waals surface area contributed by atoms with Crippen molar-refractivity contribution in [2.75, 3.05) is 0 Å². The lowest BCUT2D eigenvalue weighted by molar-refractivity contribution is 0.432. The van der Waals surface area contributed by atoms with E-state index >= 15 is 0 Å². The second-order valence-electron chi connectivity index (χ2n) is 6.58. The summed E-state index contributed by atoms with van der Waals surface area (Å²) in [5.41, 5.74) is 0.999. The summed E-state index contributed by atoms with van der Waals surface area (Å²) < 4.78 is 13.5. The number of benzene rings is 1. The van der Waals surface area contributed by atoms with Gasteiger partial charge in [0.1, 0.15) is 5.82 Å². The SMILES string of the molecule is CC(NC1C2C3CCC(C3)C12)c1ccc(Cl)c(F)c1. The molecule has 1 aromatic rings. The molecule has 0 amide bonds. The lowest BCUT2D eigenvalue weighted by Crippen LogP contribution is -2.26. The van der Waals surface area contributed by atoms with E-state index in [-0.39, 0.29) is 16.9 Å². The first-order chi connectivity index (χ1) is 9.15. The molecule has 1 nitrogen and oxygen atoms in total. The van der Waals surface area contributed by atoms with Gasteiger partial charge in [0.2, 0.25) is 0 Å². The Morgan fingerprint density at radius 1 is 1.26 bits per heavy atom. The van der Waals surface area contributed by atoms with Crippen molar-refractivity contribution in [2.24, 2.45) is 23.7 Å². The molecule has 1 N–H and O–H groups in total. The second-order valence-corrected chi connectivity index (χ2v) is 6.98. The highest BCUT2D eigenvalue weighted by Crippen LogP contribution is 2.65. The van der Waals surface area contributed by atoms with E-state index in [1.54, 1.807) is 12.1 Å². The number of halogens is 2. The average molecular weight is 280 g/mol. The Morgan fingerprint density at radius 2 is 1.95 bits per heavy atom. The minimum Gasteiger partial charge on any atom is -0.307 e. The fourth-order valence-electron chi connectivity index (χ4n) is 4.71. The Bertz CT molecular complexity index is 501. The maximum atomic E-state index is 13.5. The van der Waals surface area contributed by atoms with E-state index in [0.29, 0.717) is 6.04 Å². The lowest BCUT2D eigenvalue weighted by atomic mass is 10.0. The molecule has 3 heteroatoms. The van der Waals surface area contributed by atoms with Gasteiger partial charge >= 0.3 is 0 Å². The molecular weight excluding hydrogens is 261 g/mol. The van der Waals surface area contributed by atoms with Gasteiger partial charge in [-0.15, -0.1) is 0 Å². The van der Waals surface area contributed by atoms with Gasteiger partial charge in [-0.05, 0) is 67.6 Å². The van der Waals surface area contributed by atoms with E-state index in [0.717, 1.165) is 29.2 Å². The third kappa shape index (κ3) is 1.84. The zero-order valence-corrected chi connectivity index (χ0v) is 11.8. The van der Waals surface area contributed by atoms with Crippen LogP contribution in [-0.2, 0) is 0 Å². The summed E-state index contributed by atoms with van der Waals surface area (Å²) in [5.74, 6) is 3.46. The Morgan fingerprint density at radius 3 is 2.58 bits per heavy atom. The van der Waals surface area contributed by atoms with Crippen LogP contribution in [0.5, 0.6) is 0 Å². The maximum Gasteiger partial charge on any atom is 0.142 e. The molecule has 3 saturated carbocycles. The molecule has 0 aromatic heterocycles. The van der Waals surface area contributed by atoms with Crippen LogP contribution in [0.25, 0.3) is 0 Å². The van der Waals surface area contributed by atoms with Gasteiger partial charge in [-0.2, -0.15) is 0 Å². The molecule has 0 aliphatic heterocycles. The topological polar surface area (TPSA) is 12.0 Å². The van der Waals surface area contributed by atoms with E-state index in [4.69, 9.17) is 11.6 Å². The van der Waals surface area contributed by atoms with Crippen LogP contribution in [0, 0.1) is 29.5 Å². The van der Waals surface area contributed by atoms with E-state index in [1.165, 1.54) is 19.3 Å². The van der Waals surface area contributed by atoms with Crippen LogP contribution >= 0.6 is 11.6 Å². The first-order valence-electron chi connectivity index (χ1n) is 7.36. The summed E-state index contributed by atoms with van der Waals surface area (Å²) in [6.07, 6.45) is 4.35. The molecule has 3 fully saturated rings. The monoisotopic (exact) mass is 279 g/mol. The Hall–Kier alpha value is -0.600. The molecule has 0 radical (unpaired) electrons. The molecule has 5 atom stereocenters. The standard InChI is InChI=1S/C16H19ClFN/c1-8(9-4-5-12(17)13(18)7-9)19-16-14-10-2-3-11(6-10)15(14)16/h4-5,7-8,10-11,14-16,19H,2-3,6H2,1H3. The minimum absolute atomic E-state index is 0.206. The van der Waals surface area contributed by atoms with Gasteiger partial charge in [0, 0.05) is 12.1 Å². The molecule has 3 aliphatic carbocycles. The van der Waals surface area contributed by atoms with Crippen LogP contribution in [0.2, 0.25) is 5.02 Å². The Balaban J connectivity index is 1.45. The van der Waals surface area contributed by atoms with Gasteiger partial charge in [0.25, 0.3) is 0 Å². The molecular formula is C16H19ClFN. The molecule has 4 rings (SSSR count). The van der Waals surface area contributed by atoms with Gasteiger partial charge in [0.05, 0.1) is 5.02 Å². The first kappa shape index (κ1) is 12.2. The molecule has 3 aliphatic rings. The van der Waals surface area contributed by atoms with Crippen LogP contribution in [0.4, 0.5) is 4.39 Å². The molecule has 19 heavy (non-hydrogen) atoms.